The average Bonchev–Trinajstić information content (AvgIpc) is 2.51. The van der Waals surface area contributed by atoms with E-state index in [1.807, 2.05) is 27.7 Å². The van der Waals surface area contributed by atoms with E-state index in [1.54, 1.807) is 0 Å². The number of hydrogen-bond donors (Lipinski definition) is 2. The molecule has 5 nitrogen and oxygen atoms in total. The number of amides is 1. The molecule has 0 spiro atoms. The monoisotopic (exact) mass is 298 g/mol. The lowest BCUT2D eigenvalue weighted by Crippen LogP contribution is -2.53. The molecule has 0 aliphatic carbocycles. The molecule has 1 fully saturated rings. The summed E-state index contributed by atoms with van der Waals surface area (Å²) in [6.45, 7) is 9.76. The van der Waals surface area contributed by atoms with Gasteiger partial charge in [0, 0.05) is 5.41 Å². The molecule has 3 unspecified atom stereocenters. The van der Waals surface area contributed by atoms with Gasteiger partial charge < -0.3 is 15.4 Å². The number of methoxy groups -OCH3 is 1. The maximum Gasteiger partial charge on any atom is 0.328 e. The van der Waals surface area contributed by atoms with Gasteiger partial charge >= 0.3 is 5.97 Å². The Bertz CT molecular complexity index is 363. The standard InChI is InChI=1S/C16H30N2O3/c1-6-11(2)13(14(19)21-5)18-15(20)16(3,4)12-8-7-9-17-10-12/h11-13,17H,6-10H2,1-5H3,(H,18,20). The molecule has 5 heteroatoms. The van der Waals surface area contributed by atoms with E-state index in [0.29, 0.717) is 5.92 Å². The van der Waals surface area contributed by atoms with Gasteiger partial charge in [-0.2, -0.15) is 0 Å². The van der Waals surface area contributed by atoms with Crippen molar-refractivity contribution >= 4 is 11.9 Å². The molecule has 0 bridgehead atoms. The summed E-state index contributed by atoms with van der Waals surface area (Å²) in [7, 11) is 1.36. The second kappa shape index (κ2) is 7.78. The molecule has 1 rings (SSSR count). The van der Waals surface area contributed by atoms with E-state index in [0.717, 1.165) is 32.4 Å². The number of hydrogen-bond acceptors (Lipinski definition) is 4. The van der Waals surface area contributed by atoms with Crippen molar-refractivity contribution in [2.45, 2.75) is 53.0 Å². The van der Waals surface area contributed by atoms with Gasteiger partial charge in [0.05, 0.1) is 7.11 Å². The molecular formula is C16H30N2O3. The summed E-state index contributed by atoms with van der Waals surface area (Å²) in [5.74, 6) is -0.0784. The maximum atomic E-state index is 12.7. The minimum atomic E-state index is -0.566. The highest BCUT2D eigenvalue weighted by molar-refractivity contribution is 5.88. The average molecular weight is 298 g/mol. The number of esters is 1. The molecule has 122 valence electrons. The summed E-state index contributed by atoms with van der Waals surface area (Å²) in [4.78, 5) is 24.6. The van der Waals surface area contributed by atoms with Crippen molar-refractivity contribution in [3.05, 3.63) is 0 Å². The van der Waals surface area contributed by atoms with Crippen LogP contribution >= 0.6 is 0 Å². The Morgan fingerprint density at radius 1 is 1.43 bits per heavy atom. The van der Waals surface area contributed by atoms with Crippen LogP contribution in [0.2, 0.25) is 0 Å². The molecule has 0 aromatic carbocycles. The summed E-state index contributed by atoms with van der Waals surface area (Å²) in [5, 5.41) is 6.26. The van der Waals surface area contributed by atoms with Crippen LogP contribution in [0.4, 0.5) is 0 Å². The van der Waals surface area contributed by atoms with E-state index < -0.39 is 11.5 Å². The quantitative estimate of drug-likeness (QED) is 0.733. The van der Waals surface area contributed by atoms with Crippen molar-refractivity contribution < 1.29 is 14.3 Å². The van der Waals surface area contributed by atoms with E-state index in [9.17, 15) is 9.59 Å². The fourth-order valence-corrected chi connectivity index (χ4v) is 2.78. The van der Waals surface area contributed by atoms with Crippen molar-refractivity contribution in [2.24, 2.45) is 17.3 Å². The molecule has 0 aromatic heterocycles. The summed E-state index contributed by atoms with van der Waals surface area (Å²) < 4.78 is 4.83. The van der Waals surface area contributed by atoms with E-state index >= 15 is 0 Å². The second-order valence-corrected chi connectivity index (χ2v) is 6.62. The number of piperidine rings is 1. The predicted molar refractivity (Wildman–Crippen MR) is 82.8 cm³/mol. The molecule has 0 saturated carbocycles. The first-order valence-electron chi connectivity index (χ1n) is 7.94. The summed E-state index contributed by atoms with van der Waals surface area (Å²) in [6.07, 6.45) is 2.94. The third kappa shape index (κ3) is 4.43. The minimum Gasteiger partial charge on any atom is -0.467 e. The normalized spacial score (nSPS) is 22.2. The van der Waals surface area contributed by atoms with Gasteiger partial charge in [-0.25, -0.2) is 4.79 Å². The minimum absolute atomic E-state index is 0.0571. The van der Waals surface area contributed by atoms with Crippen molar-refractivity contribution in [3.63, 3.8) is 0 Å². The predicted octanol–water partition coefficient (Wildman–Crippen LogP) is 1.72. The van der Waals surface area contributed by atoms with Crippen LogP contribution in [0.5, 0.6) is 0 Å². The smallest absolute Gasteiger partial charge is 0.328 e. The van der Waals surface area contributed by atoms with Crippen LogP contribution in [0.25, 0.3) is 0 Å². The van der Waals surface area contributed by atoms with Gasteiger partial charge in [0.15, 0.2) is 0 Å². The van der Waals surface area contributed by atoms with Crippen LogP contribution in [0.1, 0.15) is 47.0 Å². The highest BCUT2D eigenvalue weighted by Gasteiger charge is 2.39. The van der Waals surface area contributed by atoms with Crippen molar-refractivity contribution in [1.29, 1.82) is 0 Å². The van der Waals surface area contributed by atoms with Crippen molar-refractivity contribution in [3.8, 4) is 0 Å². The molecule has 1 aliphatic rings. The first-order chi connectivity index (χ1) is 9.84. The molecular weight excluding hydrogens is 268 g/mol. The molecule has 1 amide bonds. The van der Waals surface area contributed by atoms with Gasteiger partial charge in [-0.3, -0.25) is 4.79 Å². The molecule has 0 radical (unpaired) electrons. The molecule has 3 atom stereocenters. The number of nitrogens with one attached hydrogen (secondary N) is 2. The third-order valence-corrected chi connectivity index (χ3v) is 4.86. The van der Waals surface area contributed by atoms with Gasteiger partial charge in [0.2, 0.25) is 5.91 Å². The van der Waals surface area contributed by atoms with E-state index in [-0.39, 0.29) is 17.8 Å². The van der Waals surface area contributed by atoms with Crippen molar-refractivity contribution in [2.75, 3.05) is 20.2 Å². The van der Waals surface area contributed by atoms with Gasteiger partial charge in [-0.15, -0.1) is 0 Å². The highest BCUT2D eigenvalue weighted by Crippen LogP contribution is 2.32. The summed E-state index contributed by atoms with van der Waals surface area (Å²) in [6, 6.07) is -0.566. The number of carbonyl (C=O) groups is 2. The van der Waals surface area contributed by atoms with Crippen LogP contribution in [0.3, 0.4) is 0 Å². The van der Waals surface area contributed by atoms with E-state index in [2.05, 4.69) is 10.6 Å². The van der Waals surface area contributed by atoms with Gasteiger partial charge in [-0.1, -0.05) is 34.1 Å². The highest BCUT2D eigenvalue weighted by atomic mass is 16.5. The third-order valence-electron chi connectivity index (χ3n) is 4.86. The Labute approximate surface area is 128 Å². The van der Waals surface area contributed by atoms with Crippen LogP contribution in [0, 0.1) is 17.3 Å². The van der Waals surface area contributed by atoms with Crippen LogP contribution in [-0.2, 0) is 14.3 Å². The van der Waals surface area contributed by atoms with Crippen LogP contribution < -0.4 is 10.6 Å². The molecule has 1 saturated heterocycles. The largest absolute Gasteiger partial charge is 0.467 e. The molecule has 21 heavy (non-hydrogen) atoms. The zero-order chi connectivity index (χ0) is 16.0. The first kappa shape index (κ1) is 18.0. The fraction of sp³-hybridized carbons (Fsp3) is 0.875. The van der Waals surface area contributed by atoms with Crippen LogP contribution in [0.15, 0.2) is 0 Å². The zero-order valence-electron chi connectivity index (χ0n) is 14.0. The van der Waals surface area contributed by atoms with E-state index in [1.165, 1.54) is 7.11 Å². The Morgan fingerprint density at radius 3 is 2.57 bits per heavy atom. The van der Waals surface area contributed by atoms with Crippen LogP contribution in [-0.4, -0.2) is 38.1 Å². The van der Waals surface area contributed by atoms with Gasteiger partial charge in [0.1, 0.15) is 6.04 Å². The Kier molecular flexibility index (Phi) is 6.65. The first-order valence-corrected chi connectivity index (χ1v) is 7.94. The topological polar surface area (TPSA) is 67.4 Å². The molecule has 2 N–H and O–H groups in total. The number of rotatable bonds is 6. The van der Waals surface area contributed by atoms with Gasteiger partial charge in [-0.05, 0) is 37.8 Å². The fourth-order valence-electron chi connectivity index (χ4n) is 2.78. The zero-order valence-corrected chi connectivity index (χ0v) is 14.0. The summed E-state index contributed by atoms with van der Waals surface area (Å²) >= 11 is 0. The van der Waals surface area contributed by atoms with E-state index in [4.69, 9.17) is 4.74 Å². The van der Waals surface area contributed by atoms with Gasteiger partial charge in [0.25, 0.3) is 0 Å². The number of carbonyl (C=O) groups excluding carboxylic acids is 2. The molecule has 1 heterocycles. The maximum absolute atomic E-state index is 12.7. The molecule has 1 aliphatic heterocycles. The summed E-state index contributed by atoms with van der Waals surface area (Å²) in [5.41, 5.74) is -0.493. The lowest BCUT2D eigenvalue weighted by molar-refractivity contribution is -0.148. The Morgan fingerprint density at radius 2 is 2.10 bits per heavy atom. The molecule has 0 aromatic rings. The SMILES string of the molecule is CCC(C)C(NC(=O)C(C)(C)C1CCCNC1)C(=O)OC. The van der Waals surface area contributed by atoms with Crippen molar-refractivity contribution in [1.82, 2.24) is 10.6 Å². The Balaban J connectivity index is 2.77. The number of ether oxygens (including phenoxy) is 1. The lowest BCUT2D eigenvalue weighted by Gasteiger charge is -2.37. The lowest BCUT2D eigenvalue weighted by atomic mass is 9.74. The second-order valence-electron chi connectivity index (χ2n) is 6.62. The Hall–Kier alpha value is -1.10.